The topological polar surface area (TPSA) is 85.9 Å². The second kappa shape index (κ2) is 7.33. The van der Waals surface area contributed by atoms with Gasteiger partial charge in [-0.3, -0.25) is 19.8 Å². The number of carbonyl (C=O) groups excluding carboxylic acids is 1. The molecular formula is C18H24N6O. The molecule has 4 heterocycles. The van der Waals surface area contributed by atoms with E-state index in [-0.39, 0.29) is 11.9 Å². The van der Waals surface area contributed by atoms with E-state index in [4.69, 9.17) is 0 Å². The Morgan fingerprint density at radius 2 is 2.24 bits per heavy atom. The van der Waals surface area contributed by atoms with Crippen molar-refractivity contribution < 1.29 is 4.79 Å². The zero-order valence-electron chi connectivity index (χ0n) is 14.3. The Balaban J connectivity index is 1.30. The summed E-state index contributed by atoms with van der Waals surface area (Å²) in [6.07, 6.45) is 6.56. The fourth-order valence-electron chi connectivity index (χ4n) is 3.65. The van der Waals surface area contributed by atoms with Crippen LogP contribution >= 0.6 is 0 Å². The molecule has 2 aliphatic rings. The summed E-state index contributed by atoms with van der Waals surface area (Å²) in [7, 11) is 0. The first-order valence-corrected chi connectivity index (χ1v) is 8.98. The third-order valence-electron chi connectivity index (χ3n) is 5.07. The quantitative estimate of drug-likeness (QED) is 0.768. The van der Waals surface area contributed by atoms with Crippen LogP contribution in [0.25, 0.3) is 0 Å². The number of aromatic amines is 1. The van der Waals surface area contributed by atoms with E-state index < -0.39 is 0 Å². The molecule has 0 aliphatic carbocycles. The van der Waals surface area contributed by atoms with Gasteiger partial charge in [0.25, 0.3) is 5.91 Å². The summed E-state index contributed by atoms with van der Waals surface area (Å²) in [5.74, 6) is -0.0492. The summed E-state index contributed by atoms with van der Waals surface area (Å²) in [6, 6.07) is 4.30. The predicted molar refractivity (Wildman–Crippen MR) is 94.0 cm³/mol. The van der Waals surface area contributed by atoms with Crippen LogP contribution in [0, 0.1) is 0 Å². The van der Waals surface area contributed by atoms with Crippen LogP contribution in [0.2, 0.25) is 0 Å². The summed E-state index contributed by atoms with van der Waals surface area (Å²) >= 11 is 0. The number of hydrogen-bond acceptors (Lipinski definition) is 5. The van der Waals surface area contributed by atoms with Gasteiger partial charge in [-0.2, -0.15) is 5.10 Å². The molecule has 0 aromatic carbocycles. The van der Waals surface area contributed by atoms with Gasteiger partial charge < -0.3 is 10.6 Å². The Bertz CT molecular complexity index is 720. The zero-order chi connectivity index (χ0) is 17.1. The number of nitrogens with one attached hydrogen (secondary N) is 3. The molecule has 0 atom stereocenters. The maximum absolute atomic E-state index is 12.6. The standard InChI is InChI=1S/C18H24N6O/c25-18(17-15-11-20-7-3-16(15)22-23-17)21-14-4-8-24(9-5-14)12-13-2-1-6-19-10-13/h1-2,6,10,14,20H,3-5,7-9,11-12H2,(H,21,25)(H,22,23). The summed E-state index contributed by atoms with van der Waals surface area (Å²) in [6.45, 7) is 4.55. The number of piperidine rings is 1. The molecule has 0 bridgehead atoms. The Kier molecular flexibility index (Phi) is 4.76. The third kappa shape index (κ3) is 3.72. The van der Waals surface area contributed by atoms with Gasteiger partial charge in [-0.25, -0.2) is 0 Å². The van der Waals surface area contributed by atoms with Crippen molar-refractivity contribution in [3.63, 3.8) is 0 Å². The van der Waals surface area contributed by atoms with Gasteiger partial charge >= 0.3 is 0 Å². The van der Waals surface area contributed by atoms with Gasteiger partial charge in [0, 0.05) is 68.8 Å². The molecule has 1 fully saturated rings. The first-order chi connectivity index (χ1) is 12.3. The van der Waals surface area contributed by atoms with Crippen LogP contribution in [0.1, 0.15) is 40.2 Å². The molecule has 25 heavy (non-hydrogen) atoms. The first kappa shape index (κ1) is 16.2. The fourth-order valence-corrected chi connectivity index (χ4v) is 3.65. The molecule has 2 aromatic heterocycles. The van der Waals surface area contributed by atoms with Gasteiger partial charge in [0.15, 0.2) is 5.69 Å². The molecule has 4 rings (SSSR count). The lowest BCUT2D eigenvalue weighted by Crippen LogP contribution is -2.44. The molecule has 3 N–H and O–H groups in total. The van der Waals surface area contributed by atoms with E-state index >= 15 is 0 Å². The van der Waals surface area contributed by atoms with Crippen LogP contribution in [-0.4, -0.2) is 51.7 Å². The fraction of sp³-hybridized carbons (Fsp3) is 0.500. The van der Waals surface area contributed by atoms with Crippen LogP contribution in [0.5, 0.6) is 0 Å². The Morgan fingerprint density at radius 1 is 1.36 bits per heavy atom. The lowest BCUT2D eigenvalue weighted by Gasteiger charge is -2.32. The number of hydrogen-bond donors (Lipinski definition) is 3. The molecule has 0 spiro atoms. The van der Waals surface area contributed by atoms with Gasteiger partial charge in [0.05, 0.1) is 0 Å². The Labute approximate surface area is 147 Å². The lowest BCUT2D eigenvalue weighted by atomic mass is 10.0. The minimum Gasteiger partial charge on any atom is -0.348 e. The molecule has 2 aliphatic heterocycles. The van der Waals surface area contributed by atoms with Gasteiger partial charge in [-0.05, 0) is 24.5 Å². The van der Waals surface area contributed by atoms with Crippen molar-refractivity contribution in [3.8, 4) is 0 Å². The molecule has 7 heteroatoms. The highest BCUT2D eigenvalue weighted by Gasteiger charge is 2.25. The average Bonchev–Trinajstić information content (AvgIpc) is 3.08. The molecule has 2 aromatic rings. The van der Waals surface area contributed by atoms with Crippen molar-refractivity contribution in [3.05, 3.63) is 47.0 Å². The second-order valence-electron chi connectivity index (χ2n) is 6.84. The largest absolute Gasteiger partial charge is 0.348 e. The number of likely N-dealkylation sites (tertiary alicyclic amines) is 1. The van der Waals surface area contributed by atoms with E-state index in [1.54, 1.807) is 6.20 Å². The number of pyridine rings is 1. The monoisotopic (exact) mass is 340 g/mol. The van der Waals surface area contributed by atoms with Crippen molar-refractivity contribution >= 4 is 5.91 Å². The van der Waals surface area contributed by atoms with Gasteiger partial charge in [0.1, 0.15) is 0 Å². The van der Waals surface area contributed by atoms with Crippen LogP contribution in [-0.2, 0) is 19.5 Å². The van der Waals surface area contributed by atoms with E-state index in [0.29, 0.717) is 5.69 Å². The summed E-state index contributed by atoms with van der Waals surface area (Å²) in [4.78, 5) is 19.2. The number of fused-ring (bicyclic) bond motifs is 1. The van der Waals surface area contributed by atoms with E-state index in [9.17, 15) is 4.79 Å². The maximum atomic E-state index is 12.6. The maximum Gasteiger partial charge on any atom is 0.272 e. The van der Waals surface area contributed by atoms with Crippen LogP contribution in [0.15, 0.2) is 24.5 Å². The Morgan fingerprint density at radius 3 is 3.04 bits per heavy atom. The number of amides is 1. The highest BCUT2D eigenvalue weighted by Crippen LogP contribution is 2.17. The molecule has 7 nitrogen and oxygen atoms in total. The summed E-state index contributed by atoms with van der Waals surface area (Å²) in [5.41, 5.74) is 3.91. The molecule has 0 saturated carbocycles. The van der Waals surface area contributed by atoms with Crippen molar-refractivity contribution in [2.75, 3.05) is 19.6 Å². The van der Waals surface area contributed by atoms with Crippen LogP contribution in [0.3, 0.4) is 0 Å². The first-order valence-electron chi connectivity index (χ1n) is 8.98. The highest BCUT2D eigenvalue weighted by atomic mass is 16.2. The number of carbonyl (C=O) groups is 1. The molecule has 0 unspecified atom stereocenters. The van der Waals surface area contributed by atoms with Crippen molar-refractivity contribution in [2.45, 2.75) is 38.4 Å². The van der Waals surface area contributed by atoms with E-state index in [1.165, 1.54) is 5.56 Å². The molecule has 132 valence electrons. The molecule has 1 amide bonds. The predicted octanol–water partition coefficient (Wildman–Crippen LogP) is 0.845. The van der Waals surface area contributed by atoms with Crippen molar-refractivity contribution in [1.82, 2.24) is 30.7 Å². The molecule has 0 radical (unpaired) electrons. The summed E-state index contributed by atoms with van der Waals surface area (Å²) < 4.78 is 0. The zero-order valence-corrected chi connectivity index (χ0v) is 14.3. The lowest BCUT2D eigenvalue weighted by molar-refractivity contribution is 0.0902. The van der Waals surface area contributed by atoms with Crippen LogP contribution < -0.4 is 10.6 Å². The third-order valence-corrected chi connectivity index (χ3v) is 5.07. The smallest absolute Gasteiger partial charge is 0.272 e. The van der Waals surface area contributed by atoms with E-state index in [0.717, 1.165) is 63.2 Å². The average molecular weight is 340 g/mol. The SMILES string of the molecule is O=C(NC1CCN(Cc2cccnc2)CC1)c1n[nH]c2c1CNCC2. The minimum atomic E-state index is -0.0492. The molecule has 1 saturated heterocycles. The molecular weight excluding hydrogens is 316 g/mol. The van der Waals surface area contributed by atoms with E-state index in [2.05, 4.69) is 36.8 Å². The van der Waals surface area contributed by atoms with Gasteiger partial charge in [-0.1, -0.05) is 6.07 Å². The second-order valence-corrected chi connectivity index (χ2v) is 6.84. The summed E-state index contributed by atoms with van der Waals surface area (Å²) in [5, 5.41) is 13.7. The van der Waals surface area contributed by atoms with Crippen LogP contribution in [0.4, 0.5) is 0 Å². The number of H-pyrrole nitrogens is 1. The van der Waals surface area contributed by atoms with Gasteiger partial charge in [0.2, 0.25) is 0 Å². The van der Waals surface area contributed by atoms with Crippen molar-refractivity contribution in [2.24, 2.45) is 0 Å². The number of nitrogens with zero attached hydrogens (tertiary/aromatic N) is 3. The minimum absolute atomic E-state index is 0.0492. The number of aromatic nitrogens is 3. The van der Waals surface area contributed by atoms with E-state index in [1.807, 2.05) is 12.3 Å². The van der Waals surface area contributed by atoms with Gasteiger partial charge in [-0.15, -0.1) is 0 Å². The normalized spacial score (nSPS) is 18.7. The Hall–Kier alpha value is -2.25. The number of rotatable bonds is 4. The highest BCUT2D eigenvalue weighted by molar-refractivity contribution is 5.94. The van der Waals surface area contributed by atoms with Crippen molar-refractivity contribution in [1.29, 1.82) is 0 Å².